The first kappa shape index (κ1) is 15.8. The number of benzene rings is 1. The second-order valence-corrected chi connectivity index (χ2v) is 5.64. The van der Waals surface area contributed by atoms with Crippen LogP contribution in [-0.4, -0.2) is 35.1 Å². The molecule has 0 aliphatic rings. The standard InChI is InChI=1S/C17H17N3O4/c1-4-9-7-11(16(22)23)15(21)19-14(9)10-5-6-12-13(8-10)24-17(18-12)20(2)3/h5-8H,4H2,1-3H3,(H,19,21)(H,22,23). The summed E-state index contributed by atoms with van der Waals surface area (Å²) in [5.74, 6) is -1.24. The molecule has 7 heteroatoms. The first-order valence-corrected chi connectivity index (χ1v) is 7.48. The van der Waals surface area contributed by atoms with Gasteiger partial charge in [0.1, 0.15) is 11.1 Å². The average molecular weight is 327 g/mol. The zero-order valence-corrected chi connectivity index (χ0v) is 13.6. The van der Waals surface area contributed by atoms with Crippen LogP contribution in [0.1, 0.15) is 22.8 Å². The number of aryl methyl sites for hydroxylation is 1. The Morgan fingerprint density at radius 1 is 1.33 bits per heavy atom. The minimum absolute atomic E-state index is 0.258. The Kier molecular flexibility index (Phi) is 3.84. The second-order valence-electron chi connectivity index (χ2n) is 5.64. The smallest absolute Gasteiger partial charge is 0.341 e. The van der Waals surface area contributed by atoms with Gasteiger partial charge in [-0.2, -0.15) is 4.98 Å². The zero-order valence-electron chi connectivity index (χ0n) is 13.6. The lowest BCUT2D eigenvalue weighted by atomic mass is 10.0. The lowest BCUT2D eigenvalue weighted by Crippen LogP contribution is -2.19. The summed E-state index contributed by atoms with van der Waals surface area (Å²) in [5.41, 5.74) is 2.52. The number of fused-ring (bicyclic) bond motifs is 1. The number of hydrogen-bond donors (Lipinski definition) is 2. The number of rotatable bonds is 4. The molecule has 3 aromatic rings. The molecule has 0 aliphatic heterocycles. The van der Waals surface area contributed by atoms with Gasteiger partial charge in [0.25, 0.3) is 11.6 Å². The topological polar surface area (TPSA) is 99.4 Å². The van der Waals surface area contributed by atoms with Gasteiger partial charge in [0.15, 0.2) is 5.58 Å². The molecule has 124 valence electrons. The summed E-state index contributed by atoms with van der Waals surface area (Å²) in [6.45, 7) is 1.90. The maximum Gasteiger partial charge on any atom is 0.341 e. The van der Waals surface area contributed by atoms with Crippen LogP contribution >= 0.6 is 0 Å². The number of H-pyrrole nitrogens is 1. The van der Waals surface area contributed by atoms with Gasteiger partial charge in [-0.25, -0.2) is 4.79 Å². The van der Waals surface area contributed by atoms with Gasteiger partial charge < -0.3 is 19.4 Å². The minimum Gasteiger partial charge on any atom is -0.477 e. The molecule has 24 heavy (non-hydrogen) atoms. The van der Waals surface area contributed by atoms with Gasteiger partial charge in [0, 0.05) is 19.7 Å². The van der Waals surface area contributed by atoms with Crippen LogP contribution in [0.15, 0.2) is 33.5 Å². The van der Waals surface area contributed by atoms with Crippen molar-refractivity contribution in [2.45, 2.75) is 13.3 Å². The van der Waals surface area contributed by atoms with E-state index in [0.717, 1.165) is 11.1 Å². The molecule has 3 rings (SSSR count). The van der Waals surface area contributed by atoms with E-state index in [4.69, 9.17) is 9.52 Å². The fourth-order valence-electron chi connectivity index (χ4n) is 2.53. The van der Waals surface area contributed by atoms with Gasteiger partial charge in [-0.15, -0.1) is 0 Å². The number of nitrogens with one attached hydrogen (secondary N) is 1. The van der Waals surface area contributed by atoms with Crippen molar-refractivity contribution in [3.8, 4) is 11.3 Å². The third-order valence-corrected chi connectivity index (χ3v) is 3.78. The molecule has 0 aliphatic carbocycles. The van der Waals surface area contributed by atoms with Crippen LogP contribution < -0.4 is 10.5 Å². The lowest BCUT2D eigenvalue weighted by Gasteiger charge is -2.09. The molecule has 0 saturated heterocycles. The highest BCUT2D eigenvalue weighted by Crippen LogP contribution is 2.28. The van der Waals surface area contributed by atoms with Crippen molar-refractivity contribution in [2.75, 3.05) is 19.0 Å². The molecule has 0 unspecified atom stereocenters. The Morgan fingerprint density at radius 3 is 2.71 bits per heavy atom. The monoisotopic (exact) mass is 327 g/mol. The first-order chi connectivity index (χ1) is 11.4. The van der Waals surface area contributed by atoms with Crippen LogP contribution in [0.5, 0.6) is 0 Å². The third kappa shape index (κ3) is 2.64. The van der Waals surface area contributed by atoms with Gasteiger partial charge in [-0.3, -0.25) is 4.79 Å². The summed E-state index contributed by atoms with van der Waals surface area (Å²) in [4.78, 5) is 31.9. The minimum atomic E-state index is -1.24. The predicted octanol–water partition coefficient (Wildman–Crippen LogP) is 2.51. The summed E-state index contributed by atoms with van der Waals surface area (Å²) in [6.07, 6.45) is 0.587. The average Bonchev–Trinajstić information content (AvgIpc) is 2.97. The predicted molar refractivity (Wildman–Crippen MR) is 90.7 cm³/mol. The molecule has 2 aromatic heterocycles. The highest BCUT2D eigenvalue weighted by atomic mass is 16.4. The lowest BCUT2D eigenvalue weighted by molar-refractivity contribution is 0.0695. The number of nitrogens with zero attached hydrogens (tertiary/aromatic N) is 2. The molecule has 0 saturated carbocycles. The number of aromatic amines is 1. The molecular formula is C17H17N3O4. The summed E-state index contributed by atoms with van der Waals surface area (Å²) in [7, 11) is 3.67. The molecule has 1 aromatic carbocycles. The van der Waals surface area contributed by atoms with Crippen LogP contribution in [0.2, 0.25) is 0 Å². The largest absolute Gasteiger partial charge is 0.477 e. The van der Waals surface area contributed by atoms with Gasteiger partial charge in [0.05, 0.1) is 5.69 Å². The van der Waals surface area contributed by atoms with E-state index in [-0.39, 0.29) is 5.56 Å². The summed E-state index contributed by atoms with van der Waals surface area (Å²) >= 11 is 0. The van der Waals surface area contributed by atoms with Crippen LogP contribution in [-0.2, 0) is 6.42 Å². The highest BCUT2D eigenvalue weighted by molar-refractivity contribution is 5.88. The molecule has 0 fully saturated rings. The SMILES string of the molecule is CCc1cc(C(=O)O)c(=O)[nH]c1-c1ccc2nc(N(C)C)oc2c1. The van der Waals surface area contributed by atoms with Gasteiger partial charge in [-0.1, -0.05) is 13.0 Å². The molecule has 0 bridgehead atoms. The Bertz CT molecular complexity index is 985. The number of carboxylic acid groups (broad SMARTS) is 1. The number of hydrogen-bond acceptors (Lipinski definition) is 5. The third-order valence-electron chi connectivity index (χ3n) is 3.78. The number of aromatic carboxylic acids is 1. The summed E-state index contributed by atoms with van der Waals surface area (Å²) in [6, 6.07) is 7.35. The molecule has 2 heterocycles. The Labute approximate surface area is 137 Å². The first-order valence-electron chi connectivity index (χ1n) is 7.48. The highest BCUT2D eigenvalue weighted by Gasteiger charge is 2.15. The van der Waals surface area contributed by atoms with E-state index >= 15 is 0 Å². The molecule has 2 N–H and O–H groups in total. The van der Waals surface area contributed by atoms with E-state index in [0.29, 0.717) is 29.2 Å². The zero-order chi connectivity index (χ0) is 17.4. The summed E-state index contributed by atoms with van der Waals surface area (Å²) < 4.78 is 5.69. The molecule has 0 amide bonds. The number of oxazole rings is 1. The number of anilines is 1. The molecule has 0 spiro atoms. The van der Waals surface area contributed by atoms with Gasteiger partial charge >= 0.3 is 5.97 Å². The normalized spacial score (nSPS) is 11.0. The maximum atomic E-state index is 12.0. The van der Waals surface area contributed by atoms with E-state index < -0.39 is 11.5 Å². The molecule has 7 nitrogen and oxygen atoms in total. The van der Waals surface area contributed by atoms with Gasteiger partial charge in [0.2, 0.25) is 0 Å². The van der Waals surface area contributed by atoms with Crippen molar-refractivity contribution in [3.05, 3.63) is 45.7 Å². The molecule has 0 atom stereocenters. The maximum absolute atomic E-state index is 12.0. The van der Waals surface area contributed by atoms with Crippen molar-refractivity contribution in [1.29, 1.82) is 0 Å². The second kappa shape index (κ2) is 5.84. The van der Waals surface area contributed by atoms with Crippen LogP contribution in [0.25, 0.3) is 22.4 Å². The fraction of sp³-hybridized carbons (Fsp3) is 0.235. The van der Waals surface area contributed by atoms with E-state index in [1.807, 2.05) is 33.2 Å². The summed E-state index contributed by atoms with van der Waals surface area (Å²) in [5, 5.41) is 9.10. The Hall–Kier alpha value is -3.09. The number of carboxylic acids is 1. The van der Waals surface area contributed by atoms with Crippen LogP contribution in [0.3, 0.4) is 0 Å². The van der Waals surface area contributed by atoms with Crippen LogP contribution in [0.4, 0.5) is 6.01 Å². The van der Waals surface area contributed by atoms with E-state index in [9.17, 15) is 9.59 Å². The fourth-order valence-corrected chi connectivity index (χ4v) is 2.53. The van der Waals surface area contributed by atoms with E-state index in [1.165, 1.54) is 6.07 Å². The number of aromatic nitrogens is 2. The molecule has 0 radical (unpaired) electrons. The number of carbonyl (C=O) groups is 1. The van der Waals surface area contributed by atoms with E-state index in [1.54, 1.807) is 11.0 Å². The molecular weight excluding hydrogens is 310 g/mol. The van der Waals surface area contributed by atoms with Crippen molar-refractivity contribution in [2.24, 2.45) is 0 Å². The van der Waals surface area contributed by atoms with Crippen LogP contribution in [0, 0.1) is 0 Å². The Morgan fingerprint density at radius 2 is 2.08 bits per heavy atom. The van der Waals surface area contributed by atoms with Crippen molar-refractivity contribution >= 4 is 23.1 Å². The van der Waals surface area contributed by atoms with E-state index in [2.05, 4.69) is 9.97 Å². The van der Waals surface area contributed by atoms with Crippen molar-refractivity contribution in [1.82, 2.24) is 9.97 Å². The van der Waals surface area contributed by atoms with Crippen molar-refractivity contribution in [3.63, 3.8) is 0 Å². The quantitative estimate of drug-likeness (QED) is 0.764. The van der Waals surface area contributed by atoms with Gasteiger partial charge in [-0.05, 0) is 30.2 Å². The van der Waals surface area contributed by atoms with Crippen molar-refractivity contribution < 1.29 is 14.3 Å². The Balaban J connectivity index is 2.17. The number of pyridine rings is 1.